The number of benzene rings is 1. The number of aryl methyl sites for hydroxylation is 1. The van der Waals surface area contributed by atoms with Crippen molar-refractivity contribution in [2.75, 3.05) is 0 Å². The summed E-state index contributed by atoms with van der Waals surface area (Å²) in [7, 11) is 0. The number of halogens is 3. The van der Waals surface area contributed by atoms with Gasteiger partial charge in [0, 0.05) is 17.3 Å². The SMILES string of the molecule is Cc1ncc(CO)c([C@H](N)c2ccc(OC(F)(F)F)cc2)c1O. The number of hydrogen-bond donors (Lipinski definition) is 3. The highest BCUT2D eigenvalue weighted by atomic mass is 19.4. The molecule has 0 unspecified atom stereocenters. The Labute approximate surface area is 130 Å². The Morgan fingerprint density at radius 2 is 1.87 bits per heavy atom. The molecule has 0 saturated carbocycles. The maximum Gasteiger partial charge on any atom is 0.573 e. The lowest BCUT2D eigenvalue weighted by atomic mass is 9.95. The van der Waals surface area contributed by atoms with Crippen molar-refractivity contribution in [2.45, 2.75) is 25.9 Å². The zero-order chi connectivity index (χ0) is 17.2. The fraction of sp³-hybridized carbons (Fsp3) is 0.267. The van der Waals surface area contributed by atoms with Crippen LogP contribution in [0.1, 0.15) is 28.4 Å². The van der Waals surface area contributed by atoms with Crippen molar-refractivity contribution in [3.63, 3.8) is 0 Å². The number of ether oxygens (including phenoxy) is 1. The fourth-order valence-corrected chi connectivity index (χ4v) is 2.17. The average molecular weight is 328 g/mol. The Morgan fingerprint density at radius 3 is 2.39 bits per heavy atom. The molecule has 23 heavy (non-hydrogen) atoms. The van der Waals surface area contributed by atoms with Gasteiger partial charge >= 0.3 is 6.36 Å². The van der Waals surface area contributed by atoms with Gasteiger partial charge in [-0.1, -0.05) is 12.1 Å². The van der Waals surface area contributed by atoms with Gasteiger partial charge in [0.05, 0.1) is 18.3 Å². The van der Waals surface area contributed by atoms with Crippen LogP contribution in [0.15, 0.2) is 30.5 Å². The molecule has 0 amide bonds. The summed E-state index contributed by atoms with van der Waals surface area (Å²) in [6, 6.07) is 4.15. The van der Waals surface area contributed by atoms with Crippen LogP contribution in [0.4, 0.5) is 13.2 Å². The minimum absolute atomic E-state index is 0.153. The largest absolute Gasteiger partial charge is 0.573 e. The lowest BCUT2D eigenvalue weighted by Crippen LogP contribution is -2.18. The molecular weight excluding hydrogens is 313 g/mol. The van der Waals surface area contributed by atoms with Crippen molar-refractivity contribution in [1.82, 2.24) is 4.98 Å². The monoisotopic (exact) mass is 328 g/mol. The second-order valence-electron chi connectivity index (χ2n) is 4.88. The van der Waals surface area contributed by atoms with Gasteiger partial charge in [0.25, 0.3) is 0 Å². The van der Waals surface area contributed by atoms with Gasteiger partial charge in [-0.15, -0.1) is 13.2 Å². The highest BCUT2D eigenvalue weighted by Gasteiger charge is 2.31. The van der Waals surface area contributed by atoms with Gasteiger partial charge in [-0.3, -0.25) is 4.98 Å². The van der Waals surface area contributed by atoms with E-state index in [1.807, 2.05) is 0 Å². The van der Waals surface area contributed by atoms with Crippen LogP contribution in [-0.2, 0) is 6.61 Å². The highest BCUT2D eigenvalue weighted by Crippen LogP contribution is 2.33. The molecule has 1 atom stereocenters. The Hall–Kier alpha value is -2.32. The van der Waals surface area contributed by atoms with Crippen LogP contribution in [0.5, 0.6) is 11.5 Å². The first-order chi connectivity index (χ1) is 10.7. The zero-order valence-corrected chi connectivity index (χ0v) is 12.1. The van der Waals surface area contributed by atoms with Gasteiger partial charge in [0.2, 0.25) is 0 Å². The number of nitrogens with zero attached hydrogens (tertiary/aromatic N) is 1. The summed E-state index contributed by atoms with van der Waals surface area (Å²) in [4.78, 5) is 3.93. The molecule has 1 heterocycles. The van der Waals surface area contributed by atoms with Gasteiger partial charge in [-0.25, -0.2) is 0 Å². The van der Waals surface area contributed by atoms with Crippen molar-refractivity contribution < 1.29 is 28.1 Å². The summed E-state index contributed by atoms with van der Waals surface area (Å²) in [6.45, 7) is 1.20. The Kier molecular flexibility index (Phi) is 4.76. The molecule has 0 bridgehead atoms. The maximum atomic E-state index is 12.1. The number of alkyl halides is 3. The van der Waals surface area contributed by atoms with E-state index in [0.29, 0.717) is 16.8 Å². The summed E-state index contributed by atoms with van der Waals surface area (Å²) in [5, 5.41) is 19.5. The number of rotatable bonds is 4. The predicted octanol–water partition coefficient (Wildman–Crippen LogP) is 2.53. The van der Waals surface area contributed by atoms with E-state index in [-0.39, 0.29) is 23.7 Å². The highest BCUT2D eigenvalue weighted by molar-refractivity contribution is 5.47. The van der Waals surface area contributed by atoms with Gasteiger partial charge in [0.1, 0.15) is 11.5 Å². The summed E-state index contributed by atoms with van der Waals surface area (Å²) in [5.74, 6) is -0.523. The second-order valence-corrected chi connectivity index (χ2v) is 4.88. The second kappa shape index (κ2) is 6.43. The van der Waals surface area contributed by atoms with Crippen LogP contribution in [-0.4, -0.2) is 21.6 Å². The van der Waals surface area contributed by atoms with Crippen LogP contribution < -0.4 is 10.5 Å². The van der Waals surface area contributed by atoms with E-state index in [2.05, 4.69) is 9.72 Å². The first-order valence-corrected chi connectivity index (χ1v) is 6.62. The minimum atomic E-state index is -4.77. The van der Waals surface area contributed by atoms with Crippen LogP contribution in [0.3, 0.4) is 0 Å². The van der Waals surface area contributed by atoms with Crippen LogP contribution >= 0.6 is 0 Å². The van der Waals surface area contributed by atoms with E-state index in [0.717, 1.165) is 12.1 Å². The number of aromatic hydroxyl groups is 1. The Morgan fingerprint density at radius 1 is 1.26 bits per heavy atom. The van der Waals surface area contributed by atoms with Crippen LogP contribution in [0.25, 0.3) is 0 Å². The molecule has 8 heteroatoms. The van der Waals surface area contributed by atoms with Gasteiger partial charge in [-0.05, 0) is 24.6 Å². The maximum absolute atomic E-state index is 12.1. The molecule has 2 aromatic rings. The van der Waals surface area contributed by atoms with E-state index in [1.165, 1.54) is 18.3 Å². The summed E-state index contributed by atoms with van der Waals surface area (Å²) < 4.78 is 40.2. The number of pyridine rings is 1. The van der Waals surface area contributed by atoms with Gasteiger partial charge < -0.3 is 20.7 Å². The fourth-order valence-electron chi connectivity index (χ4n) is 2.17. The summed E-state index contributed by atoms with van der Waals surface area (Å²) in [6.07, 6.45) is -3.38. The molecule has 2 rings (SSSR count). The molecule has 0 radical (unpaired) electrons. The Balaban J connectivity index is 2.34. The van der Waals surface area contributed by atoms with Crippen molar-refractivity contribution >= 4 is 0 Å². The number of hydrogen-bond acceptors (Lipinski definition) is 5. The molecule has 124 valence electrons. The van der Waals surface area contributed by atoms with Crippen molar-refractivity contribution in [2.24, 2.45) is 5.73 Å². The summed E-state index contributed by atoms with van der Waals surface area (Å²) >= 11 is 0. The smallest absolute Gasteiger partial charge is 0.506 e. The first kappa shape index (κ1) is 17.0. The summed E-state index contributed by atoms with van der Waals surface area (Å²) in [5.41, 5.74) is 7.49. The zero-order valence-electron chi connectivity index (χ0n) is 12.1. The third kappa shape index (κ3) is 3.91. The minimum Gasteiger partial charge on any atom is -0.506 e. The van der Waals surface area contributed by atoms with E-state index >= 15 is 0 Å². The molecule has 0 aliphatic rings. The van der Waals surface area contributed by atoms with E-state index in [9.17, 15) is 23.4 Å². The first-order valence-electron chi connectivity index (χ1n) is 6.62. The normalized spacial score (nSPS) is 13.0. The van der Waals surface area contributed by atoms with Crippen LogP contribution in [0.2, 0.25) is 0 Å². The number of aromatic nitrogens is 1. The van der Waals surface area contributed by atoms with Gasteiger partial charge in [-0.2, -0.15) is 0 Å². The average Bonchev–Trinajstić information content (AvgIpc) is 2.48. The third-order valence-electron chi connectivity index (χ3n) is 3.31. The van der Waals surface area contributed by atoms with Crippen molar-refractivity contribution in [1.29, 1.82) is 0 Å². The molecule has 0 aliphatic carbocycles. The van der Waals surface area contributed by atoms with E-state index in [4.69, 9.17) is 5.73 Å². The molecule has 5 nitrogen and oxygen atoms in total. The molecule has 0 fully saturated rings. The quantitative estimate of drug-likeness (QED) is 0.803. The molecule has 1 aromatic heterocycles. The Bertz CT molecular complexity index is 688. The molecule has 0 spiro atoms. The molecule has 1 aromatic carbocycles. The number of aliphatic hydroxyl groups excluding tert-OH is 1. The van der Waals surface area contributed by atoms with E-state index < -0.39 is 12.4 Å². The lowest BCUT2D eigenvalue weighted by molar-refractivity contribution is -0.274. The molecule has 0 saturated heterocycles. The topological polar surface area (TPSA) is 88.6 Å². The van der Waals surface area contributed by atoms with Crippen molar-refractivity contribution in [3.05, 3.63) is 52.8 Å². The molecule has 0 aliphatic heterocycles. The third-order valence-corrected chi connectivity index (χ3v) is 3.31. The van der Waals surface area contributed by atoms with Crippen LogP contribution in [0, 0.1) is 6.92 Å². The van der Waals surface area contributed by atoms with Gasteiger partial charge in [0.15, 0.2) is 0 Å². The lowest BCUT2D eigenvalue weighted by Gasteiger charge is -2.19. The molecular formula is C15H15F3N2O3. The van der Waals surface area contributed by atoms with E-state index in [1.54, 1.807) is 6.92 Å². The predicted molar refractivity (Wildman–Crippen MR) is 75.7 cm³/mol. The standard InChI is InChI=1S/C15H15F3N2O3/c1-8-14(22)12(10(7-21)6-20-8)13(19)9-2-4-11(5-3-9)23-15(16,17)18/h2-6,13,21-22H,7,19H2,1H3/t13-/m1/s1. The molecule has 4 N–H and O–H groups in total. The number of aliphatic hydroxyl groups is 1. The number of nitrogens with two attached hydrogens (primary N) is 1. The van der Waals surface area contributed by atoms with Crippen molar-refractivity contribution in [3.8, 4) is 11.5 Å².